The van der Waals surface area contributed by atoms with Gasteiger partial charge >= 0.3 is 0 Å². The molecular weight excluding hydrogens is 254 g/mol. The highest BCUT2D eigenvalue weighted by Crippen LogP contribution is 2.26. The molecule has 0 spiro atoms. The number of hydrogen-bond acceptors (Lipinski definition) is 4. The molecule has 0 atom stereocenters. The van der Waals surface area contributed by atoms with Gasteiger partial charge in [0.1, 0.15) is 6.61 Å². The largest absolute Gasteiger partial charge is 0.490 e. The number of para-hydroxylation sites is 2. The highest BCUT2D eigenvalue weighted by Gasteiger charge is 2.05. The Labute approximate surface area is 119 Å². The monoisotopic (exact) mass is 275 g/mol. The Balaban J connectivity index is 1.91. The Morgan fingerprint density at radius 1 is 1.15 bits per heavy atom. The smallest absolute Gasteiger partial charge is 0.161 e. The lowest BCUT2D eigenvalue weighted by Gasteiger charge is -2.12. The van der Waals surface area contributed by atoms with Crippen molar-refractivity contribution in [2.45, 2.75) is 20.0 Å². The Morgan fingerprint density at radius 3 is 2.60 bits per heavy atom. The second-order valence-corrected chi connectivity index (χ2v) is 4.30. The summed E-state index contributed by atoms with van der Waals surface area (Å²) in [7, 11) is 1.92. The SMILES string of the molecule is CCOc1ccccc1OCCn1nccc1CNC. The fourth-order valence-electron chi connectivity index (χ4n) is 1.98. The van der Waals surface area contributed by atoms with E-state index in [4.69, 9.17) is 9.47 Å². The van der Waals surface area contributed by atoms with E-state index in [1.807, 2.05) is 49.0 Å². The van der Waals surface area contributed by atoms with E-state index in [0.717, 1.165) is 23.7 Å². The van der Waals surface area contributed by atoms with E-state index >= 15 is 0 Å². The van der Waals surface area contributed by atoms with E-state index in [2.05, 4.69) is 10.4 Å². The van der Waals surface area contributed by atoms with Crippen LogP contribution in [0.15, 0.2) is 36.5 Å². The van der Waals surface area contributed by atoms with Crippen molar-refractivity contribution >= 4 is 0 Å². The Hall–Kier alpha value is -2.01. The lowest BCUT2D eigenvalue weighted by atomic mass is 10.3. The van der Waals surface area contributed by atoms with Crippen molar-refractivity contribution in [2.24, 2.45) is 0 Å². The number of nitrogens with one attached hydrogen (secondary N) is 1. The summed E-state index contributed by atoms with van der Waals surface area (Å²) in [6, 6.07) is 9.72. The van der Waals surface area contributed by atoms with Gasteiger partial charge in [0, 0.05) is 12.7 Å². The molecule has 0 bridgehead atoms. The first-order chi connectivity index (χ1) is 9.85. The van der Waals surface area contributed by atoms with Gasteiger partial charge in [-0.15, -0.1) is 0 Å². The third kappa shape index (κ3) is 3.74. The normalized spacial score (nSPS) is 10.5. The molecule has 0 aliphatic rings. The first kappa shape index (κ1) is 14.4. The fourth-order valence-corrected chi connectivity index (χ4v) is 1.98. The molecule has 0 unspecified atom stereocenters. The molecular formula is C15H21N3O2. The van der Waals surface area contributed by atoms with Crippen molar-refractivity contribution in [3.05, 3.63) is 42.2 Å². The molecule has 2 aromatic rings. The predicted octanol–water partition coefficient (Wildman–Crippen LogP) is 2.08. The third-order valence-electron chi connectivity index (χ3n) is 2.87. The minimum atomic E-state index is 0.558. The van der Waals surface area contributed by atoms with Crippen LogP contribution in [0, 0.1) is 0 Å². The van der Waals surface area contributed by atoms with E-state index < -0.39 is 0 Å². The van der Waals surface area contributed by atoms with E-state index in [-0.39, 0.29) is 0 Å². The van der Waals surface area contributed by atoms with Crippen LogP contribution in [0.3, 0.4) is 0 Å². The number of benzene rings is 1. The van der Waals surface area contributed by atoms with Crippen LogP contribution in [0.5, 0.6) is 11.5 Å². The van der Waals surface area contributed by atoms with E-state index in [0.29, 0.717) is 19.8 Å². The molecule has 5 nitrogen and oxygen atoms in total. The van der Waals surface area contributed by atoms with Crippen molar-refractivity contribution in [1.82, 2.24) is 15.1 Å². The zero-order valence-electron chi connectivity index (χ0n) is 12.0. The number of aromatic nitrogens is 2. The van der Waals surface area contributed by atoms with Crippen LogP contribution < -0.4 is 14.8 Å². The minimum Gasteiger partial charge on any atom is -0.490 e. The summed E-state index contributed by atoms with van der Waals surface area (Å²) in [5.41, 5.74) is 1.15. The predicted molar refractivity (Wildman–Crippen MR) is 78.1 cm³/mol. The molecule has 1 N–H and O–H groups in total. The average molecular weight is 275 g/mol. The van der Waals surface area contributed by atoms with Gasteiger partial charge < -0.3 is 14.8 Å². The summed E-state index contributed by atoms with van der Waals surface area (Å²) in [5, 5.41) is 7.41. The Kier molecular flexibility index (Phi) is 5.43. The summed E-state index contributed by atoms with van der Waals surface area (Å²) in [5.74, 6) is 1.56. The minimum absolute atomic E-state index is 0.558. The molecule has 2 rings (SSSR count). The van der Waals surface area contributed by atoms with Gasteiger partial charge in [-0.2, -0.15) is 5.10 Å². The molecule has 0 aliphatic carbocycles. The van der Waals surface area contributed by atoms with Crippen LogP contribution in [-0.4, -0.2) is 30.0 Å². The molecule has 5 heteroatoms. The van der Waals surface area contributed by atoms with Crippen LogP contribution in [0.1, 0.15) is 12.6 Å². The number of ether oxygens (including phenoxy) is 2. The van der Waals surface area contributed by atoms with E-state index in [1.54, 1.807) is 6.20 Å². The zero-order valence-corrected chi connectivity index (χ0v) is 12.0. The maximum Gasteiger partial charge on any atom is 0.161 e. The van der Waals surface area contributed by atoms with Gasteiger partial charge in [-0.3, -0.25) is 4.68 Å². The highest BCUT2D eigenvalue weighted by atomic mass is 16.5. The maximum atomic E-state index is 5.79. The molecule has 0 saturated heterocycles. The van der Waals surface area contributed by atoms with Crippen LogP contribution in [-0.2, 0) is 13.1 Å². The summed E-state index contributed by atoms with van der Waals surface area (Å²) >= 11 is 0. The summed E-state index contributed by atoms with van der Waals surface area (Å²) < 4.78 is 13.3. The molecule has 1 aromatic carbocycles. The van der Waals surface area contributed by atoms with Gasteiger partial charge in [0.25, 0.3) is 0 Å². The van der Waals surface area contributed by atoms with Crippen molar-refractivity contribution in [3.8, 4) is 11.5 Å². The van der Waals surface area contributed by atoms with E-state index in [9.17, 15) is 0 Å². The van der Waals surface area contributed by atoms with Crippen molar-refractivity contribution < 1.29 is 9.47 Å². The van der Waals surface area contributed by atoms with Crippen LogP contribution >= 0.6 is 0 Å². The maximum absolute atomic E-state index is 5.79. The molecule has 1 aromatic heterocycles. The molecule has 108 valence electrons. The van der Waals surface area contributed by atoms with E-state index in [1.165, 1.54) is 0 Å². The molecule has 0 radical (unpaired) electrons. The fraction of sp³-hybridized carbons (Fsp3) is 0.400. The van der Waals surface area contributed by atoms with Gasteiger partial charge in [0.05, 0.1) is 18.8 Å². The summed E-state index contributed by atoms with van der Waals surface area (Å²) in [4.78, 5) is 0. The molecule has 0 saturated carbocycles. The zero-order chi connectivity index (χ0) is 14.2. The molecule has 1 heterocycles. The molecule has 20 heavy (non-hydrogen) atoms. The Morgan fingerprint density at radius 2 is 1.90 bits per heavy atom. The van der Waals surface area contributed by atoms with Gasteiger partial charge in [-0.25, -0.2) is 0 Å². The van der Waals surface area contributed by atoms with Crippen molar-refractivity contribution in [3.63, 3.8) is 0 Å². The van der Waals surface area contributed by atoms with Gasteiger partial charge in [0.2, 0.25) is 0 Å². The van der Waals surface area contributed by atoms with Crippen molar-refractivity contribution in [2.75, 3.05) is 20.3 Å². The van der Waals surface area contributed by atoms with Gasteiger partial charge in [-0.05, 0) is 32.2 Å². The molecule has 0 amide bonds. The topological polar surface area (TPSA) is 48.3 Å². The summed E-state index contributed by atoms with van der Waals surface area (Å²) in [6.45, 7) is 4.67. The van der Waals surface area contributed by atoms with Crippen molar-refractivity contribution in [1.29, 1.82) is 0 Å². The van der Waals surface area contributed by atoms with Crippen LogP contribution in [0.25, 0.3) is 0 Å². The lowest BCUT2D eigenvalue weighted by molar-refractivity contribution is 0.261. The van der Waals surface area contributed by atoms with Crippen LogP contribution in [0.2, 0.25) is 0 Å². The standard InChI is InChI=1S/C15H21N3O2/c1-3-19-14-6-4-5-7-15(14)20-11-10-18-13(12-16-2)8-9-17-18/h4-9,16H,3,10-12H2,1-2H3. The number of hydrogen-bond donors (Lipinski definition) is 1. The first-order valence-electron chi connectivity index (χ1n) is 6.85. The second kappa shape index (κ2) is 7.55. The highest BCUT2D eigenvalue weighted by molar-refractivity contribution is 5.39. The Bertz CT molecular complexity index is 525. The summed E-state index contributed by atoms with van der Waals surface area (Å²) in [6.07, 6.45) is 1.81. The third-order valence-corrected chi connectivity index (χ3v) is 2.87. The van der Waals surface area contributed by atoms with Crippen LogP contribution in [0.4, 0.5) is 0 Å². The quantitative estimate of drug-likeness (QED) is 0.801. The number of rotatable bonds is 8. The lowest BCUT2D eigenvalue weighted by Crippen LogP contribution is -2.16. The molecule has 0 aliphatic heterocycles. The second-order valence-electron chi connectivity index (χ2n) is 4.30. The molecule has 0 fully saturated rings. The first-order valence-corrected chi connectivity index (χ1v) is 6.85. The van der Waals surface area contributed by atoms with Gasteiger partial charge in [0.15, 0.2) is 11.5 Å². The average Bonchev–Trinajstić information content (AvgIpc) is 2.89. The van der Waals surface area contributed by atoms with Gasteiger partial charge in [-0.1, -0.05) is 12.1 Å². The number of nitrogens with zero attached hydrogens (tertiary/aromatic N) is 2.